The number of carbonyl (C=O) groups is 1. The molecule has 0 radical (unpaired) electrons. The molecular weight excluding hydrogens is 322 g/mol. The summed E-state index contributed by atoms with van der Waals surface area (Å²) in [5.74, 6) is -0.317. The number of phenolic OH excluding ortho intramolecular Hbond substituents is 2. The van der Waals surface area contributed by atoms with Crippen LogP contribution in [-0.4, -0.2) is 37.8 Å². The van der Waals surface area contributed by atoms with Crippen molar-refractivity contribution in [1.82, 2.24) is 15.0 Å². The Morgan fingerprint density at radius 3 is 2.68 bits per heavy atom. The summed E-state index contributed by atoms with van der Waals surface area (Å²) >= 11 is 0. The number of fused-ring (bicyclic) bond motifs is 1. The van der Waals surface area contributed by atoms with Crippen LogP contribution in [0, 0.1) is 0 Å². The maximum atomic E-state index is 11.4. The molecule has 3 rings (SSSR count). The van der Waals surface area contributed by atoms with Crippen LogP contribution in [0.4, 0.5) is 0 Å². The van der Waals surface area contributed by atoms with Crippen molar-refractivity contribution < 1.29 is 19.7 Å². The van der Waals surface area contributed by atoms with Crippen molar-refractivity contribution in [2.24, 2.45) is 0 Å². The SMILES string of the molecule is C=C(C)C(=O)OCCc1ccc(O)c(-n2nc3ccc(O)cc3n2)c1. The predicted octanol–water partition coefficient (Wildman–Crippen LogP) is 2.49. The van der Waals surface area contributed by atoms with Crippen molar-refractivity contribution in [1.29, 1.82) is 0 Å². The lowest BCUT2D eigenvalue weighted by Gasteiger charge is -2.08. The molecule has 3 aromatic rings. The number of aromatic nitrogens is 3. The lowest BCUT2D eigenvalue weighted by Crippen LogP contribution is -2.08. The van der Waals surface area contributed by atoms with E-state index in [9.17, 15) is 15.0 Å². The van der Waals surface area contributed by atoms with Gasteiger partial charge in [0.25, 0.3) is 0 Å². The van der Waals surface area contributed by atoms with Crippen LogP contribution in [0.5, 0.6) is 11.5 Å². The summed E-state index contributed by atoms with van der Waals surface area (Å²) in [6.07, 6.45) is 0.480. The molecule has 2 N–H and O–H groups in total. The molecule has 0 saturated carbocycles. The Morgan fingerprint density at radius 2 is 1.92 bits per heavy atom. The van der Waals surface area contributed by atoms with Gasteiger partial charge in [-0.2, -0.15) is 0 Å². The minimum absolute atomic E-state index is 0.0206. The first-order valence-electron chi connectivity index (χ1n) is 7.65. The van der Waals surface area contributed by atoms with E-state index in [4.69, 9.17) is 4.74 Å². The van der Waals surface area contributed by atoms with E-state index in [-0.39, 0.29) is 18.1 Å². The van der Waals surface area contributed by atoms with Crippen molar-refractivity contribution in [2.75, 3.05) is 6.61 Å². The summed E-state index contributed by atoms with van der Waals surface area (Å²) < 4.78 is 5.08. The number of carbonyl (C=O) groups excluding carboxylic acids is 1. The molecule has 7 heteroatoms. The number of aromatic hydroxyl groups is 2. The van der Waals surface area contributed by atoms with Gasteiger partial charge in [-0.05, 0) is 36.8 Å². The van der Waals surface area contributed by atoms with Crippen LogP contribution in [0.1, 0.15) is 12.5 Å². The maximum absolute atomic E-state index is 11.4. The standard InChI is InChI=1S/C18H17N3O4/c1-11(2)18(24)25-8-7-12-3-6-17(23)16(9-12)21-19-14-5-4-13(22)10-15(14)20-21/h3-6,9-10,22-23H,1,7-8H2,2H3. The Bertz CT molecular complexity index is 962. The molecule has 0 bridgehead atoms. The third-order valence-electron chi connectivity index (χ3n) is 3.59. The highest BCUT2D eigenvalue weighted by molar-refractivity contribution is 5.86. The highest BCUT2D eigenvalue weighted by Gasteiger charge is 2.11. The number of benzene rings is 2. The first-order chi connectivity index (χ1) is 11.9. The molecule has 25 heavy (non-hydrogen) atoms. The molecule has 0 aliphatic rings. The van der Waals surface area contributed by atoms with Gasteiger partial charge < -0.3 is 14.9 Å². The zero-order valence-corrected chi connectivity index (χ0v) is 13.6. The van der Waals surface area contributed by atoms with Crippen LogP contribution in [0.3, 0.4) is 0 Å². The molecule has 1 aromatic heterocycles. The summed E-state index contributed by atoms with van der Waals surface area (Å²) in [4.78, 5) is 12.7. The van der Waals surface area contributed by atoms with Gasteiger partial charge in [0.2, 0.25) is 0 Å². The van der Waals surface area contributed by atoms with Crippen molar-refractivity contribution in [3.05, 3.63) is 54.1 Å². The van der Waals surface area contributed by atoms with E-state index in [2.05, 4.69) is 16.8 Å². The van der Waals surface area contributed by atoms with Gasteiger partial charge in [0, 0.05) is 18.1 Å². The third-order valence-corrected chi connectivity index (χ3v) is 3.59. The fraction of sp³-hybridized carbons (Fsp3) is 0.167. The smallest absolute Gasteiger partial charge is 0.333 e. The Labute approximate surface area is 143 Å². The Morgan fingerprint density at radius 1 is 1.16 bits per heavy atom. The van der Waals surface area contributed by atoms with Gasteiger partial charge in [0.15, 0.2) is 0 Å². The average Bonchev–Trinajstić information content (AvgIpc) is 2.98. The molecule has 1 heterocycles. The Balaban J connectivity index is 1.83. The second kappa shape index (κ2) is 6.64. The fourth-order valence-electron chi connectivity index (χ4n) is 2.28. The number of phenols is 2. The minimum atomic E-state index is -0.432. The van der Waals surface area contributed by atoms with Crippen LogP contribution in [0.25, 0.3) is 16.7 Å². The van der Waals surface area contributed by atoms with E-state index in [1.165, 1.54) is 23.0 Å². The van der Waals surface area contributed by atoms with E-state index in [1.807, 2.05) is 0 Å². The number of rotatable bonds is 5. The van der Waals surface area contributed by atoms with Crippen LogP contribution in [-0.2, 0) is 16.0 Å². The fourth-order valence-corrected chi connectivity index (χ4v) is 2.28. The molecule has 7 nitrogen and oxygen atoms in total. The Kier molecular flexibility index (Phi) is 4.38. The van der Waals surface area contributed by atoms with Gasteiger partial charge in [-0.3, -0.25) is 0 Å². The average molecular weight is 339 g/mol. The lowest BCUT2D eigenvalue weighted by molar-refractivity contribution is -0.138. The van der Waals surface area contributed by atoms with E-state index in [1.54, 1.807) is 25.1 Å². The molecule has 0 amide bonds. The molecule has 0 unspecified atom stereocenters. The van der Waals surface area contributed by atoms with Crippen molar-refractivity contribution in [3.63, 3.8) is 0 Å². The van der Waals surface area contributed by atoms with E-state index >= 15 is 0 Å². The van der Waals surface area contributed by atoms with Crippen molar-refractivity contribution in [2.45, 2.75) is 13.3 Å². The lowest BCUT2D eigenvalue weighted by atomic mass is 10.1. The van der Waals surface area contributed by atoms with Gasteiger partial charge in [0.1, 0.15) is 28.2 Å². The largest absolute Gasteiger partial charge is 0.508 e. The van der Waals surface area contributed by atoms with Crippen LogP contribution >= 0.6 is 0 Å². The number of esters is 1. The van der Waals surface area contributed by atoms with Gasteiger partial charge in [0.05, 0.1) is 6.61 Å². The van der Waals surface area contributed by atoms with E-state index < -0.39 is 5.97 Å². The predicted molar refractivity (Wildman–Crippen MR) is 91.7 cm³/mol. The second-order valence-electron chi connectivity index (χ2n) is 5.65. The normalized spacial score (nSPS) is 10.8. The summed E-state index contributed by atoms with van der Waals surface area (Å²) in [6, 6.07) is 9.67. The third kappa shape index (κ3) is 3.60. The number of nitrogens with zero attached hydrogens (tertiary/aromatic N) is 3. The van der Waals surface area contributed by atoms with E-state index in [0.29, 0.717) is 28.7 Å². The molecule has 0 saturated heterocycles. The molecule has 0 aliphatic carbocycles. The molecule has 2 aromatic carbocycles. The Hall–Kier alpha value is -3.35. The summed E-state index contributed by atoms with van der Waals surface area (Å²) in [5.41, 5.74) is 2.71. The zero-order chi connectivity index (χ0) is 18.0. The summed E-state index contributed by atoms with van der Waals surface area (Å²) in [7, 11) is 0. The monoisotopic (exact) mass is 339 g/mol. The topological polar surface area (TPSA) is 97.5 Å². The van der Waals surface area contributed by atoms with Crippen molar-refractivity contribution in [3.8, 4) is 17.2 Å². The molecule has 128 valence electrons. The van der Waals surface area contributed by atoms with Gasteiger partial charge >= 0.3 is 5.97 Å². The highest BCUT2D eigenvalue weighted by atomic mass is 16.5. The zero-order valence-electron chi connectivity index (χ0n) is 13.6. The molecular formula is C18H17N3O4. The van der Waals surface area contributed by atoms with Crippen molar-refractivity contribution >= 4 is 17.0 Å². The minimum Gasteiger partial charge on any atom is -0.508 e. The van der Waals surface area contributed by atoms with Gasteiger partial charge in [-0.15, -0.1) is 15.0 Å². The summed E-state index contributed by atoms with van der Waals surface area (Å²) in [6.45, 7) is 5.32. The first kappa shape index (κ1) is 16.5. The summed E-state index contributed by atoms with van der Waals surface area (Å²) in [5, 5.41) is 28.2. The molecule has 0 fully saturated rings. The second-order valence-corrected chi connectivity index (χ2v) is 5.65. The first-order valence-corrected chi connectivity index (χ1v) is 7.65. The van der Waals surface area contributed by atoms with Gasteiger partial charge in [-0.1, -0.05) is 12.6 Å². The number of hydrogen-bond donors (Lipinski definition) is 2. The maximum Gasteiger partial charge on any atom is 0.333 e. The van der Waals surface area contributed by atoms with E-state index in [0.717, 1.165) is 5.56 Å². The highest BCUT2D eigenvalue weighted by Crippen LogP contribution is 2.24. The molecule has 0 atom stereocenters. The number of ether oxygens (including phenoxy) is 1. The molecule has 0 aliphatic heterocycles. The number of hydrogen-bond acceptors (Lipinski definition) is 6. The van der Waals surface area contributed by atoms with Gasteiger partial charge in [-0.25, -0.2) is 4.79 Å². The van der Waals surface area contributed by atoms with Crippen LogP contribution in [0.2, 0.25) is 0 Å². The molecule has 0 spiro atoms. The van der Waals surface area contributed by atoms with Crippen LogP contribution < -0.4 is 0 Å². The quantitative estimate of drug-likeness (QED) is 0.547. The van der Waals surface area contributed by atoms with Crippen LogP contribution in [0.15, 0.2) is 48.6 Å².